The summed E-state index contributed by atoms with van der Waals surface area (Å²) < 4.78 is 0. The predicted molar refractivity (Wildman–Crippen MR) is 189 cm³/mol. The summed E-state index contributed by atoms with van der Waals surface area (Å²) in [5.74, 6) is -0.155. The molecular weight excluding hydrogens is 560 g/mol. The molecule has 0 bridgehead atoms. The van der Waals surface area contributed by atoms with Gasteiger partial charge in [0.1, 0.15) is 6.04 Å². The summed E-state index contributed by atoms with van der Waals surface area (Å²) in [7, 11) is 1.72. The van der Waals surface area contributed by atoms with E-state index in [1.807, 2.05) is 85.4 Å². The zero-order chi connectivity index (χ0) is 34.6. The van der Waals surface area contributed by atoms with Crippen LogP contribution >= 0.6 is 11.6 Å². The van der Waals surface area contributed by atoms with Gasteiger partial charge < -0.3 is 20.4 Å². The van der Waals surface area contributed by atoms with Gasteiger partial charge in [-0.3, -0.25) is 14.4 Å². The van der Waals surface area contributed by atoms with Crippen molar-refractivity contribution in [3.8, 4) is 0 Å². The van der Waals surface area contributed by atoms with Gasteiger partial charge in [-0.2, -0.15) is 0 Å². The second-order valence-corrected chi connectivity index (χ2v) is 11.3. The Kier molecular flexibility index (Phi) is 32.8. The second-order valence-electron chi connectivity index (χ2n) is 10.8. The van der Waals surface area contributed by atoms with E-state index in [9.17, 15) is 14.4 Å². The standard InChI is InChI=1S/C26H44N4O2.C3H8.C2H3ClO.2C2H6/c1-9-12-21(13-10-2)15-17-29(20(3)4)19-22-14-11-16-30(22)25(32)24(26(5,6)7)28-23(31)18-27-8;1-3-2;1-2(3)4;2*1-2/h9-10,12-13,22,24,27H,1,3,11,14-19H2,2,4-8H3,(H,28,31);3H2,1-2H3;1H3;2*1-2H3/b13-10-,21-12+;;;;. The molecule has 0 aliphatic carbocycles. The first-order valence-electron chi connectivity index (χ1n) is 15.9. The summed E-state index contributed by atoms with van der Waals surface area (Å²) in [6.45, 7) is 34.0. The highest BCUT2D eigenvalue weighted by molar-refractivity contribution is 6.62. The van der Waals surface area contributed by atoms with Crippen LogP contribution < -0.4 is 10.6 Å². The molecule has 2 amide bonds. The zero-order valence-corrected chi connectivity index (χ0v) is 30.8. The highest BCUT2D eigenvalue weighted by atomic mass is 35.5. The summed E-state index contributed by atoms with van der Waals surface area (Å²) >= 11 is 4.64. The molecule has 8 heteroatoms. The lowest BCUT2D eigenvalue weighted by Gasteiger charge is -2.37. The molecular formula is C35H67ClN4O3. The van der Waals surface area contributed by atoms with Crippen LogP contribution in [0.5, 0.6) is 0 Å². The molecule has 1 fully saturated rings. The molecule has 252 valence electrons. The molecule has 1 aliphatic rings. The number of carbonyl (C=O) groups is 3. The molecule has 0 aromatic rings. The first kappa shape index (κ1) is 47.5. The largest absolute Gasteiger partial charge is 0.373 e. The van der Waals surface area contributed by atoms with Gasteiger partial charge in [-0.1, -0.05) is 106 Å². The fourth-order valence-corrected chi connectivity index (χ4v) is 4.05. The Labute approximate surface area is 271 Å². The molecule has 0 saturated carbocycles. The number of rotatable bonds is 12. The van der Waals surface area contributed by atoms with E-state index in [0.717, 1.165) is 44.6 Å². The Morgan fingerprint density at radius 2 is 1.63 bits per heavy atom. The molecule has 0 radical (unpaired) electrons. The minimum Gasteiger partial charge on any atom is -0.373 e. The van der Waals surface area contributed by atoms with Crippen molar-refractivity contribution in [2.45, 2.75) is 121 Å². The zero-order valence-electron chi connectivity index (χ0n) is 30.0. The maximum atomic E-state index is 13.6. The number of nitrogens with one attached hydrogen (secondary N) is 2. The van der Waals surface area contributed by atoms with Gasteiger partial charge in [-0.05, 0) is 62.7 Å². The molecule has 2 N–H and O–H groups in total. The number of halogens is 1. The lowest BCUT2D eigenvalue weighted by atomic mass is 9.85. The van der Waals surface area contributed by atoms with Crippen molar-refractivity contribution in [1.29, 1.82) is 0 Å². The van der Waals surface area contributed by atoms with Gasteiger partial charge in [-0.25, -0.2) is 0 Å². The third-order valence-electron chi connectivity index (χ3n) is 5.77. The number of amides is 2. The molecule has 7 nitrogen and oxygen atoms in total. The van der Waals surface area contributed by atoms with Crippen LogP contribution in [0.1, 0.15) is 109 Å². The van der Waals surface area contributed by atoms with Crippen LogP contribution in [0.3, 0.4) is 0 Å². The highest BCUT2D eigenvalue weighted by Crippen LogP contribution is 2.27. The van der Waals surface area contributed by atoms with E-state index in [1.165, 1.54) is 18.9 Å². The van der Waals surface area contributed by atoms with Crippen molar-refractivity contribution < 1.29 is 14.4 Å². The van der Waals surface area contributed by atoms with Crippen molar-refractivity contribution in [3.05, 3.63) is 48.7 Å². The smallest absolute Gasteiger partial charge is 0.246 e. The van der Waals surface area contributed by atoms with Gasteiger partial charge >= 0.3 is 0 Å². The summed E-state index contributed by atoms with van der Waals surface area (Å²) in [5, 5.41) is 5.44. The Bertz CT molecular complexity index is 827. The molecule has 43 heavy (non-hydrogen) atoms. The highest BCUT2D eigenvalue weighted by Gasteiger charge is 2.39. The van der Waals surface area contributed by atoms with Crippen LogP contribution in [0.15, 0.2) is 48.7 Å². The number of allylic oxidation sites excluding steroid dienone is 5. The van der Waals surface area contributed by atoms with E-state index >= 15 is 0 Å². The molecule has 1 aliphatic heterocycles. The van der Waals surface area contributed by atoms with Gasteiger partial charge in [0.05, 0.1) is 6.54 Å². The Morgan fingerprint density at radius 1 is 1.12 bits per heavy atom. The maximum Gasteiger partial charge on any atom is 0.246 e. The van der Waals surface area contributed by atoms with Crippen molar-refractivity contribution in [1.82, 2.24) is 20.4 Å². The first-order valence-corrected chi connectivity index (χ1v) is 16.3. The second kappa shape index (κ2) is 29.7. The number of hydrogen-bond donors (Lipinski definition) is 2. The van der Waals surface area contributed by atoms with E-state index in [-0.39, 0.29) is 35.1 Å². The van der Waals surface area contributed by atoms with E-state index in [1.54, 1.807) is 7.05 Å². The summed E-state index contributed by atoms with van der Waals surface area (Å²) in [6.07, 6.45) is 12.0. The SMILES string of the molecule is C=C/C=C(\C=C/C)CCN(CC1CCCN1C(=O)C(NC(=O)CNC)C(C)(C)C)C(=C)C.CC.CC.CC(=O)Cl.CCC. The fourth-order valence-electron chi connectivity index (χ4n) is 4.05. The number of likely N-dealkylation sites (N-methyl/N-ethyl adjacent to an activating group) is 1. The summed E-state index contributed by atoms with van der Waals surface area (Å²) in [4.78, 5) is 39.2. The van der Waals surface area contributed by atoms with Gasteiger partial charge in [0.2, 0.25) is 17.1 Å². The number of likely N-dealkylation sites (tertiary alicyclic amines) is 1. The molecule has 0 aromatic heterocycles. The van der Waals surface area contributed by atoms with E-state index < -0.39 is 6.04 Å². The molecule has 1 rings (SSSR count). The van der Waals surface area contributed by atoms with Crippen molar-refractivity contribution in [2.24, 2.45) is 5.41 Å². The molecule has 2 atom stereocenters. The third-order valence-corrected chi connectivity index (χ3v) is 5.77. The van der Waals surface area contributed by atoms with Gasteiger partial charge in [0.25, 0.3) is 0 Å². The van der Waals surface area contributed by atoms with Gasteiger partial charge in [-0.15, -0.1) is 0 Å². The average molecular weight is 627 g/mol. The topological polar surface area (TPSA) is 81.8 Å². The molecule has 0 spiro atoms. The first-order chi connectivity index (χ1) is 20.2. The normalized spacial score (nSPS) is 14.7. The third kappa shape index (κ3) is 24.7. The molecule has 0 aromatic carbocycles. The van der Waals surface area contributed by atoms with E-state index in [0.29, 0.717) is 0 Å². The lowest BCUT2D eigenvalue weighted by molar-refractivity contribution is -0.140. The Balaban J connectivity index is -0.000000602. The minimum absolute atomic E-state index is 0.00674. The van der Waals surface area contributed by atoms with Gasteiger partial charge in [0.15, 0.2) is 0 Å². The van der Waals surface area contributed by atoms with Crippen LogP contribution in [0.4, 0.5) is 0 Å². The number of hydrogen-bond acceptors (Lipinski definition) is 5. The van der Waals surface area contributed by atoms with Crippen molar-refractivity contribution >= 4 is 28.7 Å². The van der Waals surface area contributed by atoms with Gasteiger partial charge in [0, 0.05) is 38.3 Å². The fraction of sp³-hybridized carbons (Fsp3) is 0.686. The molecule has 1 heterocycles. The quantitative estimate of drug-likeness (QED) is 0.170. The van der Waals surface area contributed by atoms with Crippen LogP contribution in [0, 0.1) is 5.41 Å². The number of carbonyl (C=O) groups excluding carboxylic acids is 3. The molecule has 2 unspecified atom stereocenters. The predicted octanol–water partition coefficient (Wildman–Crippen LogP) is 7.88. The average Bonchev–Trinajstić information content (AvgIpc) is 3.39. The van der Waals surface area contributed by atoms with Crippen LogP contribution in [-0.2, 0) is 14.4 Å². The summed E-state index contributed by atoms with van der Waals surface area (Å²) in [6, 6.07) is -0.446. The van der Waals surface area contributed by atoms with Crippen LogP contribution in [0.25, 0.3) is 0 Å². The Morgan fingerprint density at radius 3 is 2.02 bits per heavy atom. The number of nitrogens with zero attached hydrogens (tertiary/aromatic N) is 2. The van der Waals surface area contributed by atoms with Crippen LogP contribution in [0.2, 0.25) is 0 Å². The van der Waals surface area contributed by atoms with E-state index in [2.05, 4.69) is 60.2 Å². The van der Waals surface area contributed by atoms with Crippen LogP contribution in [-0.4, -0.2) is 72.2 Å². The lowest BCUT2D eigenvalue weighted by Crippen LogP contribution is -2.57. The van der Waals surface area contributed by atoms with Crippen molar-refractivity contribution in [2.75, 3.05) is 33.2 Å². The minimum atomic E-state index is -0.556. The summed E-state index contributed by atoms with van der Waals surface area (Å²) in [5.41, 5.74) is 1.84. The molecule has 1 saturated heterocycles. The van der Waals surface area contributed by atoms with Crippen molar-refractivity contribution in [3.63, 3.8) is 0 Å². The maximum absolute atomic E-state index is 13.6. The van der Waals surface area contributed by atoms with E-state index in [4.69, 9.17) is 0 Å². The monoisotopic (exact) mass is 626 g/mol. The Hall–Kier alpha value is -2.38.